The SMILES string of the molecule is Cc1csc(CN(C)C(=O)c2cccc(C(=O)N[C@@H](Cc3ccccc3)[C@H](O)CNCc3cc(Cl)ccc3F)c2)n1. The number of aliphatic hydroxyl groups excluding tert-OH is 1. The molecule has 2 atom stereocenters. The summed E-state index contributed by atoms with van der Waals surface area (Å²) in [5.41, 5.74) is 2.89. The summed E-state index contributed by atoms with van der Waals surface area (Å²) in [6, 6.07) is 19.6. The number of benzene rings is 3. The van der Waals surface area contributed by atoms with Crippen LogP contribution in [0.2, 0.25) is 5.02 Å². The highest BCUT2D eigenvalue weighted by atomic mass is 35.5. The molecule has 0 saturated heterocycles. The first-order chi connectivity index (χ1) is 19.7. The Bertz CT molecular complexity index is 1480. The van der Waals surface area contributed by atoms with Gasteiger partial charge in [0.1, 0.15) is 10.8 Å². The number of nitrogens with zero attached hydrogens (tertiary/aromatic N) is 2. The zero-order valence-corrected chi connectivity index (χ0v) is 24.4. The average molecular weight is 595 g/mol. The van der Waals surface area contributed by atoms with Crippen LogP contribution in [0.4, 0.5) is 4.39 Å². The number of aromatic nitrogens is 1. The minimum atomic E-state index is -0.987. The predicted molar refractivity (Wildman–Crippen MR) is 160 cm³/mol. The van der Waals surface area contributed by atoms with Crippen LogP contribution in [0.1, 0.15) is 42.5 Å². The number of hydrogen-bond donors (Lipinski definition) is 3. The summed E-state index contributed by atoms with van der Waals surface area (Å²) in [6.45, 7) is 2.53. The molecule has 0 aliphatic rings. The molecule has 0 aliphatic carbocycles. The monoisotopic (exact) mass is 594 g/mol. The van der Waals surface area contributed by atoms with E-state index in [0.717, 1.165) is 16.3 Å². The molecule has 0 bridgehead atoms. The zero-order chi connectivity index (χ0) is 29.4. The third-order valence-corrected chi connectivity index (χ3v) is 7.70. The maximum Gasteiger partial charge on any atom is 0.253 e. The van der Waals surface area contributed by atoms with Gasteiger partial charge in [0.25, 0.3) is 11.8 Å². The molecule has 0 aliphatic heterocycles. The van der Waals surface area contributed by atoms with Gasteiger partial charge in [0.15, 0.2) is 0 Å². The molecule has 0 spiro atoms. The Balaban J connectivity index is 1.43. The van der Waals surface area contributed by atoms with Gasteiger partial charge < -0.3 is 20.6 Å². The molecule has 41 heavy (non-hydrogen) atoms. The van der Waals surface area contributed by atoms with Crippen molar-refractivity contribution in [3.8, 4) is 0 Å². The van der Waals surface area contributed by atoms with Crippen LogP contribution in [0.3, 0.4) is 0 Å². The van der Waals surface area contributed by atoms with Crippen molar-refractivity contribution in [2.45, 2.75) is 38.6 Å². The van der Waals surface area contributed by atoms with Gasteiger partial charge in [-0.15, -0.1) is 11.3 Å². The summed E-state index contributed by atoms with van der Waals surface area (Å²) in [5.74, 6) is -1.04. The van der Waals surface area contributed by atoms with Crippen molar-refractivity contribution >= 4 is 34.8 Å². The van der Waals surface area contributed by atoms with E-state index in [0.29, 0.717) is 34.7 Å². The molecule has 4 aromatic rings. The number of nitrogens with one attached hydrogen (secondary N) is 2. The van der Waals surface area contributed by atoms with Crippen molar-refractivity contribution in [3.05, 3.63) is 122 Å². The van der Waals surface area contributed by atoms with E-state index in [4.69, 9.17) is 11.6 Å². The van der Waals surface area contributed by atoms with Crippen molar-refractivity contribution < 1.29 is 19.1 Å². The minimum Gasteiger partial charge on any atom is -0.390 e. The van der Waals surface area contributed by atoms with E-state index >= 15 is 0 Å². The van der Waals surface area contributed by atoms with Gasteiger partial charge in [-0.1, -0.05) is 48.0 Å². The number of aliphatic hydroxyl groups is 1. The van der Waals surface area contributed by atoms with Crippen molar-refractivity contribution in [1.29, 1.82) is 0 Å². The Labute approximate surface area is 248 Å². The predicted octanol–water partition coefficient (Wildman–Crippen LogP) is 5.01. The lowest BCUT2D eigenvalue weighted by Crippen LogP contribution is -2.48. The lowest BCUT2D eigenvalue weighted by atomic mass is 10.00. The van der Waals surface area contributed by atoms with Crippen LogP contribution in [0, 0.1) is 12.7 Å². The summed E-state index contributed by atoms with van der Waals surface area (Å²) in [6.07, 6.45) is -0.616. The first-order valence-electron chi connectivity index (χ1n) is 13.1. The van der Waals surface area contributed by atoms with Gasteiger partial charge in [0.05, 0.1) is 18.7 Å². The van der Waals surface area contributed by atoms with Crippen LogP contribution >= 0.6 is 22.9 Å². The van der Waals surface area contributed by atoms with Gasteiger partial charge in [-0.05, 0) is 55.3 Å². The Morgan fingerprint density at radius 3 is 2.56 bits per heavy atom. The first-order valence-corrected chi connectivity index (χ1v) is 14.4. The number of thiazole rings is 1. The summed E-state index contributed by atoms with van der Waals surface area (Å²) in [5, 5.41) is 20.2. The van der Waals surface area contributed by atoms with Gasteiger partial charge in [-0.2, -0.15) is 0 Å². The highest BCUT2D eigenvalue weighted by Crippen LogP contribution is 2.16. The largest absolute Gasteiger partial charge is 0.390 e. The molecule has 3 aromatic carbocycles. The van der Waals surface area contributed by atoms with E-state index in [-0.39, 0.29) is 19.0 Å². The fourth-order valence-corrected chi connectivity index (χ4v) is 5.36. The third kappa shape index (κ3) is 8.68. The standard InChI is InChI=1S/C31H32ClFN4O3S/c1-20-19-41-29(35-20)18-37(2)31(40)23-10-6-9-22(14-23)30(39)36-27(13-21-7-4-3-5-8-21)28(38)17-34-16-24-15-25(32)11-12-26(24)33/h3-12,14-15,19,27-28,34,38H,13,16-18H2,1-2H3,(H,36,39)/t27-,28+/m0/s1. The van der Waals surface area contributed by atoms with Crippen LogP contribution in [-0.4, -0.2) is 52.5 Å². The number of halogens is 2. The lowest BCUT2D eigenvalue weighted by Gasteiger charge is -2.25. The fraction of sp³-hybridized carbons (Fsp3) is 0.258. The Morgan fingerprint density at radius 2 is 1.83 bits per heavy atom. The average Bonchev–Trinajstić information content (AvgIpc) is 3.38. The zero-order valence-electron chi connectivity index (χ0n) is 22.8. The van der Waals surface area contributed by atoms with Crippen molar-refractivity contribution in [2.75, 3.05) is 13.6 Å². The summed E-state index contributed by atoms with van der Waals surface area (Å²) in [7, 11) is 1.69. The molecule has 214 valence electrons. The highest BCUT2D eigenvalue weighted by Gasteiger charge is 2.23. The smallest absolute Gasteiger partial charge is 0.253 e. The van der Waals surface area contributed by atoms with Gasteiger partial charge in [-0.3, -0.25) is 9.59 Å². The molecule has 0 fully saturated rings. The second-order valence-corrected chi connectivity index (χ2v) is 11.2. The molecule has 10 heteroatoms. The highest BCUT2D eigenvalue weighted by molar-refractivity contribution is 7.09. The van der Waals surface area contributed by atoms with Crippen molar-refractivity contribution in [1.82, 2.24) is 20.5 Å². The Morgan fingerprint density at radius 1 is 1.07 bits per heavy atom. The first kappa shape index (κ1) is 30.3. The van der Waals surface area contributed by atoms with E-state index in [1.54, 1.807) is 36.2 Å². The topological polar surface area (TPSA) is 94.6 Å². The quantitative estimate of drug-likeness (QED) is 0.214. The van der Waals surface area contributed by atoms with Crippen LogP contribution in [0.25, 0.3) is 0 Å². The molecule has 0 radical (unpaired) electrons. The molecule has 1 heterocycles. The number of carbonyl (C=O) groups excluding carboxylic acids is 2. The molecule has 3 N–H and O–H groups in total. The van der Waals surface area contributed by atoms with Crippen LogP contribution in [0.5, 0.6) is 0 Å². The summed E-state index contributed by atoms with van der Waals surface area (Å²) in [4.78, 5) is 32.4. The molecule has 4 rings (SSSR count). The van der Waals surface area contributed by atoms with Gasteiger partial charge in [-0.25, -0.2) is 9.37 Å². The normalized spacial score (nSPS) is 12.5. The molecule has 0 saturated carbocycles. The molecule has 0 unspecified atom stereocenters. The van der Waals surface area contributed by atoms with Crippen molar-refractivity contribution in [2.24, 2.45) is 0 Å². The van der Waals surface area contributed by atoms with Crippen LogP contribution in [0.15, 0.2) is 78.2 Å². The number of amides is 2. The lowest BCUT2D eigenvalue weighted by molar-refractivity contribution is 0.0784. The van der Waals surface area contributed by atoms with Gasteiger partial charge >= 0.3 is 0 Å². The Kier molecular flexibility index (Phi) is 10.6. The van der Waals surface area contributed by atoms with Crippen LogP contribution < -0.4 is 10.6 Å². The number of rotatable bonds is 12. The van der Waals surface area contributed by atoms with Crippen molar-refractivity contribution in [3.63, 3.8) is 0 Å². The maximum atomic E-state index is 14.1. The van der Waals surface area contributed by atoms with E-state index in [1.165, 1.54) is 29.5 Å². The summed E-state index contributed by atoms with van der Waals surface area (Å²) >= 11 is 7.47. The molecule has 1 aromatic heterocycles. The Hall–Kier alpha value is -3.63. The van der Waals surface area contributed by atoms with Gasteiger partial charge in [0, 0.05) is 52.9 Å². The maximum absolute atomic E-state index is 14.1. The number of aryl methyl sites for hydroxylation is 1. The fourth-order valence-electron chi connectivity index (χ4n) is 4.34. The summed E-state index contributed by atoms with van der Waals surface area (Å²) < 4.78 is 14.1. The minimum absolute atomic E-state index is 0.100. The molecular formula is C31H32ClFN4O3S. The molecule has 7 nitrogen and oxygen atoms in total. The molecule has 2 amide bonds. The van der Waals surface area contributed by atoms with Crippen LogP contribution in [-0.2, 0) is 19.5 Å². The van der Waals surface area contributed by atoms with E-state index in [1.807, 2.05) is 42.6 Å². The number of carbonyl (C=O) groups is 2. The third-order valence-electron chi connectivity index (χ3n) is 6.51. The van der Waals surface area contributed by atoms with Gasteiger partial charge in [0.2, 0.25) is 0 Å². The van der Waals surface area contributed by atoms with E-state index < -0.39 is 23.9 Å². The second kappa shape index (κ2) is 14.3. The van der Waals surface area contributed by atoms with E-state index in [2.05, 4.69) is 15.6 Å². The second-order valence-electron chi connectivity index (χ2n) is 9.83. The van der Waals surface area contributed by atoms with E-state index in [9.17, 15) is 19.1 Å². The number of hydrogen-bond acceptors (Lipinski definition) is 6. The molecular weight excluding hydrogens is 563 g/mol.